The third-order valence-electron chi connectivity index (χ3n) is 2.18. The van der Waals surface area contributed by atoms with E-state index in [1.807, 2.05) is 6.92 Å². The molecule has 0 fully saturated rings. The Morgan fingerprint density at radius 1 is 1.23 bits per heavy atom. The minimum Gasteiger partial charge on any atom is -0.322 e. The minimum atomic E-state index is 0.0145. The molecule has 1 unspecified atom stereocenters. The monoisotopic (exact) mass is 199 g/mol. The van der Waals surface area contributed by atoms with Gasteiger partial charge in [0.05, 0.1) is 6.04 Å². The fourth-order valence-corrected chi connectivity index (χ4v) is 2.30. The molecule has 0 bridgehead atoms. The zero-order chi connectivity index (χ0) is 9.84. The average molecular weight is 199 g/mol. The van der Waals surface area contributed by atoms with Crippen LogP contribution in [0.2, 0.25) is 0 Å². The molecule has 1 rings (SSSR count). The quantitative estimate of drug-likeness (QED) is 0.810. The highest BCUT2D eigenvalue weighted by Crippen LogP contribution is 2.27. The first-order valence-corrected chi connectivity index (χ1v) is 5.59. The Kier molecular flexibility index (Phi) is 3.81. The Labute approximate surface area is 83.4 Å². The van der Waals surface area contributed by atoms with Gasteiger partial charge in [-0.2, -0.15) is 0 Å². The van der Waals surface area contributed by atoms with Crippen molar-refractivity contribution in [2.24, 2.45) is 5.73 Å². The SMILES string of the molecule is CCC(CC)c1nnc(C(C)N)s1. The normalized spacial score (nSPS) is 13.6. The van der Waals surface area contributed by atoms with Crippen molar-refractivity contribution in [2.75, 3.05) is 0 Å². The van der Waals surface area contributed by atoms with Gasteiger partial charge in [0.15, 0.2) is 0 Å². The molecule has 0 aromatic carbocycles. The highest BCUT2D eigenvalue weighted by Gasteiger charge is 2.14. The lowest BCUT2D eigenvalue weighted by Gasteiger charge is -2.05. The maximum absolute atomic E-state index is 5.72. The van der Waals surface area contributed by atoms with E-state index in [-0.39, 0.29) is 6.04 Å². The standard InChI is InChI=1S/C9H17N3S/c1-4-7(5-2)9-12-11-8(13-9)6(3)10/h6-7H,4-5,10H2,1-3H3. The van der Waals surface area contributed by atoms with Gasteiger partial charge < -0.3 is 5.73 Å². The molecule has 74 valence electrons. The maximum Gasteiger partial charge on any atom is 0.133 e. The number of rotatable bonds is 4. The molecular weight excluding hydrogens is 182 g/mol. The van der Waals surface area contributed by atoms with Gasteiger partial charge in [0.2, 0.25) is 0 Å². The van der Waals surface area contributed by atoms with Crippen LogP contribution in [0.25, 0.3) is 0 Å². The van der Waals surface area contributed by atoms with Crippen LogP contribution in [0.3, 0.4) is 0 Å². The molecule has 1 heterocycles. The predicted molar refractivity (Wildman–Crippen MR) is 55.8 cm³/mol. The van der Waals surface area contributed by atoms with E-state index in [0.717, 1.165) is 22.9 Å². The van der Waals surface area contributed by atoms with Gasteiger partial charge in [0.1, 0.15) is 10.0 Å². The Morgan fingerprint density at radius 2 is 1.77 bits per heavy atom. The van der Waals surface area contributed by atoms with Crippen molar-refractivity contribution >= 4 is 11.3 Å². The second-order valence-electron chi connectivity index (χ2n) is 3.28. The Morgan fingerprint density at radius 3 is 2.15 bits per heavy atom. The zero-order valence-corrected chi connectivity index (χ0v) is 9.27. The molecule has 0 saturated carbocycles. The molecule has 0 aliphatic heterocycles. The van der Waals surface area contributed by atoms with Crippen LogP contribution >= 0.6 is 11.3 Å². The summed E-state index contributed by atoms with van der Waals surface area (Å²) in [5.74, 6) is 0.560. The van der Waals surface area contributed by atoms with Crippen LogP contribution in [0, 0.1) is 0 Å². The van der Waals surface area contributed by atoms with Crippen LogP contribution < -0.4 is 5.73 Å². The van der Waals surface area contributed by atoms with Crippen molar-refractivity contribution in [1.82, 2.24) is 10.2 Å². The van der Waals surface area contributed by atoms with Gasteiger partial charge in [-0.1, -0.05) is 25.2 Å². The van der Waals surface area contributed by atoms with Crippen LogP contribution in [0.1, 0.15) is 55.6 Å². The zero-order valence-electron chi connectivity index (χ0n) is 8.45. The van der Waals surface area contributed by atoms with Gasteiger partial charge in [-0.3, -0.25) is 0 Å². The number of hydrogen-bond donors (Lipinski definition) is 1. The molecule has 3 nitrogen and oxygen atoms in total. The topological polar surface area (TPSA) is 51.8 Å². The second-order valence-corrected chi connectivity index (χ2v) is 4.32. The number of hydrogen-bond acceptors (Lipinski definition) is 4. The molecular formula is C9H17N3S. The smallest absolute Gasteiger partial charge is 0.133 e. The predicted octanol–water partition coefficient (Wildman–Crippen LogP) is 2.46. The van der Waals surface area contributed by atoms with E-state index >= 15 is 0 Å². The summed E-state index contributed by atoms with van der Waals surface area (Å²) in [6.07, 6.45) is 2.26. The maximum atomic E-state index is 5.72. The lowest BCUT2D eigenvalue weighted by molar-refractivity contribution is 0.629. The summed E-state index contributed by atoms with van der Waals surface area (Å²) in [7, 11) is 0. The van der Waals surface area contributed by atoms with E-state index < -0.39 is 0 Å². The van der Waals surface area contributed by atoms with Gasteiger partial charge in [0.25, 0.3) is 0 Å². The molecule has 2 N–H and O–H groups in total. The molecule has 1 aromatic rings. The van der Waals surface area contributed by atoms with Crippen molar-refractivity contribution in [1.29, 1.82) is 0 Å². The molecule has 0 aliphatic rings. The first-order valence-electron chi connectivity index (χ1n) is 4.77. The lowest BCUT2D eigenvalue weighted by Crippen LogP contribution is -2.03. The molecule has 0 spiro atoms. The Bertz CT molecular complexity index is 253. The van der Waals surface area contributed by atoms with Crippen molar-refractivity contribution in [3.8, 4) is 0 Å². The second kappa shape index (κ2) is 4.67. The molecule has 1 aromatic heterocycles. The van der Waals surface area contributed by atoms with Crippen LogP contribution in [0.5, 0.6) is 0 Å². The fourth-order valence-electron chi connectivity index (χ4n) is 1.23. The summed E-state index contributed by atoms with van der Waals surface area (Å²) in [5, 5.41) is 10.3. The average Bonchev–Trinajstić information content (AvgIpc) is 2.56. The lowest BCUT2D eigenvalue weighted by atomic mass is 10.1. The molecule has 0 saturated heterocycles. The summed E-state index contributed by atoms with van der Waals surface area (Å²) in [4.78, 5) is 0. The van der Waals surface area contributed by atoms with Crippen LogP contribution in [0.15, 0.2) is 0 Å². The summed E-state index contributed by atoms with van der Waals surface area (Å²) in [6.45, 7) is 6.30. The molecule has 1 atom stereocenters. The first-order chi connectivity index (χ1) is 6.19. The molecule has 0 aliphatic carbocycles. The van der Waals surface area contributed by atoms with Crippen molar-refractivity contribution in [3.05, 3.63) is 10.0 Å². The molecule has 0 radical (unpaired) electrons. The van der Waals surface area contributed by atoms with Gasteiger partial charge >= 0.3 is 0 Å². The fraction of sp³-hybridized carbons (Fsp3) is 0.778. The van der Waals surface area contributed by atoms with Gasteiger partial charge in [0, 0.05) is 5.92 Å². The van der Waals surface area contributed by atoms with Gasteiger partial charge in [-0.25, -0.2) is 0 Å². The number of nitrogens with two attached hydrogens (primary N) is 1. The molecule has 13 heavy (non-hydrogen) atoms. The van der Waals surface area contributed by atoms with E-state index in [2.05, 4.69) is 24.0 Å². The third kappa shape index (κ3) is 2.48. The van der Waals surface area contributed by atoms with E-state index in [1.165, 1.54) is 0 Å². The van der Waals surface area contributed by atoms with E-state index in [1.54, 1.807) is 11.3 Å². The van der Waals surface area contributed by atoms with Crippen molar-refractivity contribution < 1.29 is 0 Å². The number of nitrogens with zero attached hydrogens (tertiary/aromatic N) is 2. The van der Waals surface area contributed by atoms with Gasteiger partial charge in [-0.05, 0) is 19.8 Å². The summed E-state index contributed by atoms with van der Waals surface area (Å²) >= 11 is 1.65. The van der Waals surface area contributed by atoms with E-state index in [0.29, 0.717) is 5.92 Å². The van der Waals surface area contributed by atoms with E-state index in [9.17, 15) is 0 Å². The molecule has 4 heteroatoms. The molecule has 0 amide bonds. The minimum absolute atomic E-state index is 0.0145. The summed E-state index contributed by atoms with van der Waals surface area (Å²) in [6, 6.07) is 0.0145. The largest absolute Gasteiger partial charge is 0.322 e. The number of aromatic nitrogens is 2. The van der Waals surface area contributed by atoms with Crippen molar-refractivity contribution in [3.63, 3.8) is 0 Å². The first kappa shape index (κ1) is 10.6. The van der Waals surface area contributed by atoms with Crippen LogP contribution in [-0.2, 0) is 0 Å². The highest BCUT2D eigenvalue weighted by atomic mass is 32.1. The van der Waals surface area contributed by atoms with Crippen LogP contribution in [-0.4, -0.2) is 10.2 Å². The van der Waals surface area contributed by atoms with Crippen LogP contribution in [0.4, 0.5) is 0 Å². The van der Waals surface area contributed by atoms with E-state index in [4.69, 9.17) is 5.73 Å². The highest BCUT2D eigenvalue weighted by molar-refractivity contribution is 7.11. The van der Waals surface area contributed by atoms with Gasteiger partial charge in [-0.15, -0.1) is 10.2 Å². The summed E-state index contributed by atoms with van der Waals surface area (Å²) < 4.78 is 0. The Balaban J connectivity index is 2.78. The summed E-state index contributed by atoms with van der Waals surface area (Å²) in [5.41, 5.74) is 5.72. The third-order valence-corrected chi connectivity index (χ3v) is 3.47. The Hall–Kier alpha value is -0.480. The van der Waals surface area contributed by atoms with Crippen molar-refractivity contribution in [2.45, 2.75) is 45.6 Å².